The standard InChI is InChI=1S/Be.Li.H4O7P2.3H/c;;1-8(2,3)7-9(4,5)6;;;/h;;(H2,1,2,3)(H2,4,5,6);;;. The van der Waals surface area contributed by atoms with E-state index < -0.39 is 15.6 Å². The van der Waals surface area contributed by atoms with E-state index in [2.05, 4.69) is 4.31 Å². The Balaban J connectivity index is -0.000000320. The van der Waals surface area contributed by atoms with E-state index in [1.807, 2.05) is 0 Å². The quantitative estimate of drug-likeness (QED) is 0.287. The van der Waals surface area contributed by atoms with E-state index in [4.69, 9.17) is 19.6 Å². The van der Waals surface area contributed by atoms with Gasteiger partial charge in [-0.05, 0) is 0 Å². The maximum absolute atomic E-state index is 9.63. The second-order valence-corrected chi connectivity index (χ2v) is 3.68. The van der Waals surface area contributed by atoms with E-state index in [-0.39, 0.29) is 29.0 Å². The molecule has 0 bridgehead atoms. The molecular weight excluding hydrogens is 190 g/mol. The molecule has 0 fully saturated rings. The summed E-state index contributed by atoms with van der Waals surface area (Å²) in [5.41, 5.74) is 0. The van der Waals surface area contributed by atoms with Gasteiger partial charge in [0.15, 0.2) is 0 Å². The van der Waals surface area contributed by atoms with Crippen LogP contribution in [0, 0.1) is 0 Å². The van der Waals surface area contributed by atoms with Gasteiger partial charge in [0.05, 0.1) is 0 Å². The van der Waals surface area contributed by atoms with Gasteiger partial charge in [-0.2, -0.15) is 4.31 Å². The van der Waals surface area contributed by atoms with Crippen molar-refractivity contribution in [2.45, 2.75) is 0 Å². The van der Waals surface area contributed by atoms with Crippen LogP contribution in [0.2, 0.25) is 0 Å². The summed E-state index contributed by atoms with van der Waals surface area (Å²) in [5, 5.41) is 0. The predicted octanol–water partition coefficient (Wildman–Crippen LogP) is -2.38. The van der Waals surface area contributed by atoms with Crippen LogP contribution in [0.4, 0.5) is 0 Å². The van der Waals surface area contributed by atoms with Gasteiger partial charge in [-0.15, -0.1) is 0 Å². The summed E-state index contributed by atoms with van der Waals surface area (Å²) < 4.78 is 22.2. The maximum atomic E-state index is 9.63. The molecule has 0 radical (unpaired) electrons. The summed E-state index contributed by atoms with van der Waals surface area (Å²) in [5.74, 6) is 0. The fourth-order valence-electron chi connectivity index (χ4n) is 0.139. The first kappa shape index (κ1) is 17.9. The molecular formula is H7BeLiO7P2. The minimum absolute atomic E-state index is 0. The molecule has 11 heavy (non-hydrogen) atoms. The summed E-state index contributed by atoms with van der Waals surface area (Å²) in [6.07, 6.45) is 0. The van der Waals surface area contributed by atoms with E-state index in [9.17, 15) is 9.13 Å². The molecule has 0 unspecified atom stereocenters. The van der Waals surface area contributed by atoms with Gasteiger partial charge in [-0.1, -0.05) is 0 Å². The number of hydrogen-bond donors (Lipinski definition) is 4. The summed E-state index contributed by atoms with van der Waals surface area (Å²) >= 11 is 0. The molecule has 11 heteroatoms. The monoisotopic (exact) mass is 197 g/mol. The average molecular weight is 197 g/mol. The molecule has 7 nitrogen and oxygen atoms in total. The Bertz CT molecular complexity index is 157. The van der Waals surface area contributed by atoms with E-state index >= 15 is 0 Å². The SMILES string of the molecule is O=P(O)(O)OP(=O)(O)O.[BeH2].[LiH]. The third-order valence-corrected chi connectivity index (χ3v) is 1.91. The Morgan fingerprint density at radius 3 is 1.09 bits per heavy atom. The van der Waals surface area contributed by atoms with Gasteiger partial charge in [0.25, 0.3) is 0 Å². The van der Waals surface area contributed by atoms with E-state index in [0.29, 0.717) is 0 Å². The molecule has 0 saturated heterocycles. The third kappa shape index (κ3) is 18.2. The fraction of sp³-hybridized carbons (Fsp3) is 0. The normalized spacial score (nSPS) is 11.3. The minimum atomic E-state index is -5.05. The molecule has 0 rings (SSSR count). The van der Waals surface area contributed by atoms with Crippen LogP contribution in [0.5, 0.6) is 0 Å². The fourth-order valence-corrected chi connectivity index (χ4v) is 1.25. The van der Waals surface area contributed by atoms with Gasteiger partial charge in [-0.3, -0.25) is 0 Å². The Morgan fingerprint density at radius 2 is 1.09 bits per heavy atom. The Kier molecular flexibility index (Phi) is 9.19. The molecule has 0 aliphatic rings. The van der Waals surface area contributed by atoms with E-state index in [1.54, 1.807) is 0 Å². The summed E-state index contributed by atoms with van der Waals surface area (Å²) in [6, 6.07) is 0. The molecule has 62 valence electrons. The van der Waals surface area contributed by atoms with Crippen LogP contribution in [0.15, 0.2) is 0 Å². The zero-order chi connectivity index (χ0) is 7.71. The van der Waals surface area contributed by atoms with Crippen LogP contribution in [0.25, 0.3) is 0 Å². The van der Waals surface area contributed by atoms with Gasteiger partial charge >= 0.3 is 44.6 Å². The van der Waals surface area contributed by atoms with Gasteiger partial charge in [0.1, 0.15) is 0 Å². The molecule has 0 aromatic heterocycles. The van der Waals surface area contributed by atoms with Crippen molar-refractivity contribution in [2.24, 2.45) is 0 Å². The van der Waals surface area contributed by atoms with Crippen molar-refractivity contribution in [3.05, 3.63) is 0 Å². The van der Waals surface area contributed by atoms with Crippen LogP contribution in [-0.2, 0) is 13.4 Å². The molecule has 0 amide bonds. The first-order valence-corrected chi connectivity index (χ1v) is 4.59. The predicted molar refractivity (Wildman–Crippen MR) is 40.9 cm³/mol. The number of hydrogen-bond acceptors (Lipinski definition) is 3. The van der Waals surface area contributed by atoms with Crippen molar-refractivity contribution in [1.29, 1.82) is 0 Å². The van der Waals surface area contributed by atoms with Crippen LogP contribution in [0.3, 0.4) is 0 Å². The van der Waals surface area contributed by atoms with Crippen LogP contribution in [-0.4, -0.2) is 48.6 Å². The zero-order valence-electron chi connectivity index (χ0n) is 3.91. The summed E-state index contributed by atoms with van der Waals surface area (Å²) in [7, 11) is -10.1. The molecule has 0 saturated carbocycles. The van der Waals surface area contributed by atoms with Crippen LogP contribution < -0.4 is 0 Å². The average Bonchev–Trinajstić information content (AvgIpc) is 1.14. The molecule has 4 N–H and O–H groups in total. The summed E-state index contributed by atoms with van der Waals surface area (Å²) in [6.45, 7) is 0. The number of rotatable bonds is 2. The Morgan fingerprint density at radius 1 is 0.909 bits per heavy atom. The molecule has 0 aliphatic carbocycles. The van der Waals surface area contributed by atoms with Gasteiger partial charge in [0, 0.05) is 0 Å². The topological polar surface area (TPSA) is 124 Å². The Hall–Kier alpha value is 1.03. The molecule has 0 aromatic rings. The van der Waals surface area contributed by atoms with E-state index in [0.717, 1.165) is 0 Å². The molecule has 0 aromatic carbocycles. The number of phosphoric acid groups is 2. The third-order valence-electron chi connectivity index (χ3n) is 0.213. The first-order valence-electron chi connectivity index (χ1n) is 1.53. The van der Waals surface area contributed by atoms with Crippen LogP contribution >= 0.6 is 15.6 Å². The van der Waals surface area contributed by atoms with Crippen molar-refractivity contribution in [1.82, 2.24) is 0 Å². The molecule has 0 spiro atoms. The van der Waals surface area contributed by atoms with Crippen LogP contribution in [0.1, 0.15) is 0 Å². The summed E-state index contributed by atoms with van der Waals surface area (Å²) in [4.78, 5) is 31.0. The van der Waals surface area contributed by atoms with Crippen molar-refractivity contribution in [3.8, 4) is 0 Å². The van der Waals surface area contributed by atoms with Crippen molar-refractivity contribution < 1.29 is 33.0 Å². The van der Waals surface area contributed by atoms with Gasteiger partial charge in [-0.25, -0.2) is 9.13 Å². The molecule has 0 heterocycles. The van der Waals surface area contributed by atoms with Crippen molar-refractivity contribution in [3.63, 3.8) is 0 Å². The molecule has 0 atom stereocenters. The second kappa shape index (κ2) is 5.63. The first-order chi connectivity index (χ1) is 3.71. The zero-order valence-corrected chi connectivity index (χ0v) is 5.70. The van der Waals surface area contributed by atoms with Gasteiger partial charge in [0.2, 0.25) is 0 Å². The Labute approximate surface area is 78.0 Å². The van der Waals surface area contributed by atoms with Crippen molar-refractivity contribution in [2.75, 3.05) is 0 Å². The second-order valence-electron chi connectivity index (χ2n) is 1.06. The van der Waals surface area contributed by atoms with Crippen molar-refractivity contribution >= 4 is 44.6 Å². The van der Waals surface area contributed by atoms with E-state index in [1.165, 1.54) is 0 Å². The molecule has 0 aliphatic heterocycles. The van der Waals surface area contributed by atoms with Gasteiger partial charge < -0.3 is 19.6 Å².